The van der Waals surface area contributed by atoms with E-state index in [9.17, 15) is 0 Å². The summed E-state index contributed by atoms with van der Waals surface area (Å²) in [6.45, 7) is 30.1. The molecule has 0 saturated carbocycles. The Morgan fingerprint density at radius 3 is 1.61 bits per heavy atom. The van der Waals surface area contributed by atoms with Gasteiger partial charge < -0.3 is 9.38 Å². The van der Waals surface area contributed by atoms with Crippen LogP contribution in [0.15, 0.2) is 146 Å². The van der Waals surface area contributed by atoms with Crippen molar-refractivity contribution in [1.82, 2.24) is 4.48 Å². The molecule has 8 aromatic rings. The van der Waals surface area contributed by atoms with E-state index in [1.54, 1.807) is 0 Å². The van der Waals surface area contributed by atoms with Crippen LogP contribution in [-0.4, -0.2) is 11.3 Å². The molecule has 0 spiro atoms. The number of benzene rings is 7. The van der Waals surface area contributed by atoms with E-state index in [1.165, 1.54) is 111 Å². The lowest BCUT2D eigenvalue weighted by molar-refractivity contribution is 0.589. The first kappa shape index (κ1) is 41.9. The fourth-order valence-electron chi connectivity index (χ4n) is 10.4. The number of anilines is 3. The molecule has 0 saturated heterocycles. The molecule has 2 nitrogen and oxygen atoms in total. The zero-order valence-electron chi connectivity index (χ0n) is 40.3. The first-order chi connectivity index (χ1) is 30.2. The lowest BCUT2D eigenvalue weighted by Gasteiger charge is -2.42. The van der Waals surface area contributed by atoms with Gasteiger partial charge in [-0.3, -0.25) is 0 Å². The summed E-state index contributed by atoms with van der Waals surface area (Å²) < 4.78 is 2.77. The van der Waals surface area contributed by atoms with Crippen molar-refractivity contribution in [3.8, 4) is 44.6 Å². The van der Waals surface area contributed by atoms with Gasteiger partial charge in [0.05, 0.1) is 0 Å². The van der Waals surface area contributed by atoms with Crippen LogP contribution < -0.4 is 15.8 Å². The molecule has 2 aliphatic rings. The molecule has 320 valence electrons. The smallest absolute Gasteiger partial charge is 0.333 e. The molecule has 1 aromatic heterocycles. The van der Waals surface area contributed by atoms with Gasteiger partial charge in [-0.05, 0) is 132 Å². The van der Waals surface area contributed by atoms with Crippen molar-refractivity contribution < 1.29 is 0 Å². The van der Waals surface area contributed by atoms with Gasteiger partial charge in [0, 0.05) is 44.8 Å². The minimum absolute atomic E-state index is 0.0436. The number of nitrogens with zero attached hydrogens (tertiary/aromatic N) is 2. The second-order valence-electron chi connectivity index (χ2n) is 22.8. The van der Waals surface area contributed by atoms with Crippen LogP contribution in [0.2, 0.25) is 0 Å². The quantitative estimate of drug-likeness (QED) is 0.160. The number of fused-ring (bicyclic) bond motifs is 4. The van der Waals surface area contributed by atoms with Crippen molar-refractivity contribution in [3.05, 3.63) is 173 Å². The summed E-state index contributed by atoms with van der Waals surface area (Å²) in [5.41, 5.74) is 24.5. The van der Waals surface area contributed by atoms with Gasteiger partial charge in [0.15, 0.2) is 0 Å². The van der Waals surface area contributed by atoms with E-state index >= 15 is 0 Å². The third-order valence-corrected chi connectivity index (χ3v) is 14.2. The Bertz CT molecular complexity index is 3120. The Morgan fingerprint density at radius 2 is 1.00 bits per heavy atom. The molecule has 0 atom stereocenters. The topological polar surface area (TPSA) is 8.17 Å². The van der Waals surface area contributed by atoms with Gasteiger partial charge in [0.1, 0.15) is 0 Å². The molecule has 0 aliphatic carbocycles. The van der Waals surface area contributed by atoms with E-state index in [-0.39, 0.29) is 28.5 Å². The highest BCUT2D eigenvalue weighted by molar-refractivity contribution is 6.90. The minimum Gasteiger partial charge on any atom is -0.375 e. The third kappa shape index (κ3) is 6.77. The van der Waals surface area contributed by atoms with E-state index in [0.717, 1.165) is 0 Å². The highest BCUT2D eigenvalue weighted by Crippen LogP contribution is 2.52. The molecule has 64 heavy (non-hydrogen) atoms. The zero-order valence-corrected chi connectivity index (χ0v) is 40.3. The first-order valence-electron chi connectivity index (χ1n) is 23.4. The normalized spacial score (nSPS) is 13.6. The largest absolute Gasteiger partial charge is 0.375 e. The maximum Gasteiger partial charge on any atom is 0.333 e. The van der Waals surface area contributed by atoms with Crippen LogP contribution in [0.25, 0.3) is 55.5 Å². The summed E-state index contributed by atoms with van der Waals surface area (Å²) in [7, 11) is 0. The van der Waals surface area contributed by atoms with Crippen LogP contribution >= 0.6 is 0 Å². The molecule has 0 radical (unpaired) electrons. The van der Waals surface area contributed by atoms with Crippen LogP contribution in [-0.2, 0) is 21.7 Å². The Morgan fingerprint density at radius 1 is 0.422 bits per heavy atom. The van der Waals surface area contributed by atoms with Gasteiger partial charge >= 0.3 is 6.85 Å². The van der Waals surface area contributed by atoms with E-state index in [0.29, 0.717) is 0 Å². The maximum absolute atomic E-state index is 2.77. The number of hydrogen-bond donors (Lipinski definition) is 0. The van der Waals surface area contributed by atoms with Gasteiger partial charge in [-0.25, -0.2) is 0 Å². The van der Waals surface area contributed by atoms with E-state index < -0.39 is 0 Å². The molecule has 0 amide bonds. The van der Waals surface area contributed by atoms with Crippen molar-refractivity contribution in [2.45, 2.75) is 112 Å². The Balaban J connectivity index is 1.41. The fourth-order valence-corrected chi connectivity index (χ4v) is 10.4. The zero-order chi connectivity index (χ0) is 45.2. The standard InChI is InChI=1S/C61H63BN2/c1-38-19-17-18-22-47(38)54-50-34-41(39-23-25-42(26-24-39)58(2,3)4)33-49-48-35-45(61(11,12)13)37-53-55(48)62(64(57(49)50)56(54)40-20-15-14-16-21-40)51-36-44(60(8,9)10)29-32-52(51)63(53)46-30-27-43(28-31-46)59(5,6)7/h14-37H,1-13H3. The van der Waals surface area contributed by atoms with Gasteiger partial charge in [-0.1, -0.05) is 192 Å². The second-order valence-corrected chi connectivity index (χ2v) is 22.8. The molecule has 10 rings (SSSR count). The third-order valence-electron chi connectivity index (χ3n) is 14.2. The molecule has 0 unspecified atom stereocenters. The van der Waals surface area contributed by atoms with Crippen molar-refractivity contribution in [1.29, 1.82) is 0 Å². The van der Waals surface area contributed by atoms with Crippen molar-refractivity contribution in [3.63, 3.8) is 0 Å². The van der Waals surface area contributed by atoms with Crippen LogP contribution in [0.4, 0.5) is 17.1 Å². The Kier molecular flexibility index (Phi) is 9.49. The van der Waals surface area contributed by atoms with Gasteiger partial charge in [0.2, 0.25) is 0 Å². The van der Waals surface area contributed by atoms with Gasteiger partial charge in [0.25, 0.3) is 0 Å². The summed E-state index contributed by atoms with van der Waals surface area (Å²) in [5, 5.41) is 1.29. The average Bonchev–Trinajstić information content (AvgIpc) is 3.58. The van der Waals surface area contributed by atoms with E-state index in [1.807, 2.05) is 0 Å². The predicted octanol–water partition coefficient (Wildman–Crippen LogP) is 15.6. The number of hydrogen-bond acceptors (Lipinski definition) is 1. The molecular formula is C61H63BN2. The molecule has 3 heteroatoms. The molecule has 3 heterocycles. The van der Waals surface area contributed by atoms with Crippen molar-refractivity contribution >= 4 is 45.7 Å². The van der Waals surface area contributed by atoms with Gasteiger partial charge in [-0.15, -0.1) is 0 Å². The van der Waals surface area contributed by atoms with Crippen LogP contribution in [0, 0.1) is 6.92 Å². The summed E-state index contributed by atoms with van der Waals surface area (Å²) in [4.78, 5) is 2.59. The molecule has 0 N–H and O–H groups in total. The molecule has 2 aliphatic heterocycles. The number of rotatable bonds is 4. The number of aromatic nitrogens is 1. The molecular weight excluding hydrogens is 771 g/mol. The summed E-state index contributed by atoms with van der Waals surface area (Å²) in [5.74, 6) is 0. The maximum atomic E-state index is 2.77. The van der Waals surface area contributed by atoms with E-state index in [4.69, 9.17) is 0 Å². The lowest BCUT2D eigenvalue weighted by Crippen LogP contribution is -2.57. The Labute approximate surface area is 383 Å². The SMILES string of the molecule is Cc1ccccc1-c1c(-c2ccccc2)n2c3c(cc(-c4ccc(C(C)(C)C)cc4)cc13)-c1cc(C(C)(C)C)cc3c1B2c1cc(C(C)(C)C)ccc1N3c1ccc(C(C)(C)C)cc1. The summed E-state index contributed by atoms with van der Waals surface area (Å²) >= 11 is 0. The minimum atomic E-state index is -0.0976. The predicted molar refractivity (Wildman–Crippen MR) is 278 cm³/mol. The Hall–Kier alpha value is -6.06. The number of aryl methyl sites for hydroxylation is 1. The van der Waals surface area contributed by atoms with Crippen molar-refractivity contribution in [2.24, 2.45) is 0 Å². The molecule has 0 fully saturated rings. The second kappa shape index (κ2) is 14.5. The van der Waals surface area contributed by atoms with E-state index in [2.05, 4.69) is 245 Å². The van der Waals surface area contributed by atoms with Crippen LogP contribution in [0.1, 0.15) is 111 Å². The van der Waals surface area contributed by atoms with Crippen LogP contribution in [0.3, 0.4) is 0 Å². The average molecular weight is 835 g/mol. The highest BCUT2D eigenvalue weighted by atomic mass is 15.2. The summed E-state index contributed by atoms with van der Waals surface area (Å²) in [6.07, 6.45) is 0. The lowest BCUT2D eigenvalue weighted by atomic mass is 9.44. The monoisotopic (exact) mass is 835 g/mol. The van der Waals surface area contributed by atoms with Gasteiger partial charge in [-0.2, -0.15) is 0 Å². The molecule has 0 bridgehead atoms. The van der Waals surface area contributed by atoms with Crippen LogP contribution in [0.5, 0.6) is 0 Å². The first-order valence-corrected chi connectivity index (χ1v) is 23.4. The molecule has 7 aromatic carbocycles. The van der Waals surface area contributed by atoms with Crippen molar-refractivity contribution in [2.75, 3.05) is 4.90 Å². The highest BCUT2D eigenvalue weighted by Gasteiger charge is 2.45. The summed E-state index contributed by atoms with van der Waals surface area (Å²) in [6, 6.07) is 56.4. The fraction of sp³-hybridized carbons (Fsp3) is 0.279.